The molecule has 1 aromatic heterocycles. The SMILES string of the molecule is Cc1cc(C)c(C)c(S(=O)(=O)N2CCC(C(=O)NC(C)c3cccs3)CC2)c1C. The summed E-state index contributed by atoms with van der Waals surface area (Å²) in [6, 6.07) is 6.00. The molecule has 1 fully saturated rings. The van der Waals surface area contributed by atoms with Crippen LogP contribution in [0.4, 0.5) is 0 Å². The van der Waals surface area contributed by atoms with E-state index in [1.54, 1.807) is 15.6 Å². The summed E-state index contributed by atoms with van der Waals surface area (Å²) in [5, 5.41) is 5.07. The molecule has 0 saturated carbocycles. The van der Waals surface area contributed by atoms with Gasteiger partial charge in [0.15, 0.2) is 0 Å². The summed E-state index contributed by atoms with van der Waals surface area (Å²) in [6.07, 6.45) is 1.09. The number of amides is 1. The van der Waals surface area contributed by atoms with Gasteiger partial charge in [0.2, 0.25) is 15.9 Å². The van der Waals surface area contributed by atoms with E-state index in [1.807, 2.05) is 58.2 Å². The van der Waals surface area contributed by atoms with Crippen molar-refractivity contribution in [2.24, 2.45) is 5.92 Å². The first-order valence-electron chi connectivity index (χ1n) is 10.0. The zero-order valence-corrected chi connectivity index (χ0v) is 19.4. The normalized spacial score (nSPS) is 17.3. The van der Waals surface area contributed by atoms with Gasteiger partial charge in [0.1, 0.15) is 0 Å². The van der Waals surface area contributed by atoms with Crippen LogP contribution in [0.15, 0.2) is 28.5 Å². The number of hydrogen-bond acceptors (Lipinski definition) is 4. The molecule has 2 heterocycles. The molecular weight excluding hydrogens is 404 g/mol. The molecular formula is C22H30N2O3S2. The van der Waals surface area contributed by atoms with Crippen molar-refractivity contribution >= 4 is 27.3 Å². The van der Waals surface area contributed by atoms with Crippen LogP contribution in [0.2, 0.25) is 0 Å². The van der Waals surface area contributed by atoms with Crippen LogP contribution in [0, 0.1) is 33.6 Å². The zero-order chi connectivity index (χ0) is 21.3. The Bertz CT molecular complexity index is 963. The fourth-order valence-corrected chi connectivity index (χ4v) is 6.78. The number of piperidine rings is 1. The Hall–Kier alpha value is -1.70. The third-order valence-electron chi connectivity index (χ3n) is 6.05. The van der Waals surface area contributed by atoms with Crippen molar-refractivity contribution in [3.63, 3.8) is 0 Å². The standard InChI is InChI=1S/C22H30N2O3S2/c1-14-13-15(2)17(4)21(16(14)3)29(26,27)24-10-8-19(9-11-24)22(25)23-18(5)20-7-6-12-28-20/h6-7,12-13,18-19H,8-11H2,1-5H3,(H,23,25). The molecule has 1 aromatic carbocycles. The van der Waals surface area contributed by atoms with Gasteiger partial charge < -0.3 is 5.32 Å². The number of nitrogens with zero attached hydrogens (tertiary/aromatic N) is 1. The molecule has 0 spiro atoms. The molecule has 0 bridgehead atoms. The summed E-state index contributed by atoms with van der Waals surface area (Å²) in [7, 11) is -3.57. The highest BCUT2D eigenvalue weighted by molar-refractivity contribution is 7.89. The highest BCUT2D eigenvalue weighted by atomic mass is 32.2. The summed E-state index contributed by atoms with van der Waals surface area (Å²) < 4.78 is 28.3. The Kier molecular flexibility index (Phi) is 6.51. The van der Waals surface area contributed by atoms with Crippen molar-refractivity contribution in [2.45, 2.75) is 58.4 Å². The Morgan fingerprint density at radius 2 is 1.72 bits per heavy atom. The third-order valence-corrected chi connectivity index (χ3v) is 9.28. The van der Waals surface area contributed by atoms with Crippen molar-refractivity contribution in [1.29, 1.82) is 0 Å². The zero-order valence-electron chi connectivity index (χ0n) is 17.8. The van der Waals surface area contributed by atoms with Gasteiger partial charge in [-0.05, 0) is 81.2 Å². The van der Waals surface area contributed by atoms with E-state index in [2.05, 4.69) is 5.32 Å². The molecule has 1 saturated heterocycles. The minimum atomic E-state index is -3.57. The van der Waals surface area contributed by atoms with Crippen molar-refractivity contribution in [3.8, 4) is 0 Å². The van der Waals surface area contributed by atoms with Gasteiger partial charge in [-0.25, -0.2) is 8.42 Å². The molecule has 1 N–H and O–H groups in total. The Labute approximate surface area is 178 Å². The largest absolute Gasteiger partial charge is 0.349 e. The molecule has 0 aliphatic carbocycles. The van der Waals surface area contributed by atoms with Crippen molar-refractivity contribution in [3.05, 3.63) is 50.7 Å². The summed E-state index contributed by atoms with van der Waals surface area (Å²) in [5.41, 5.74) is 3.61. The average molecular weight is 435 g/mol. The van der Waals surface area contributed by atoms with Gasteiger partial charge in [0.05, 0.1) is 10.9 Å². The molecule has 158 valence electrons. The van der Waals surface area contributed by atoms with E-state index in [-0.39, 0.29) is 17.9 Å². The van der Waals surface area contributed by atoms with E-state index < -0.39 is 10.0 Å². The molecule has 7 heteroatoms. The lowest BCUT2D eigenvalue weighted by Crippen LogP contribution is -2.43. The van der Waals surface area contributed by atoms with Gasteiger partial charge in [-0.3, -0.25) is 4.79 Å². The molecule has 1 unspecified atom stereocenters. The van der Waals surface area contributed by atoms with Gasteiger partial charge >= 0.3 is 0 Å². The highest BCUT2D eigenvalue weighted by Gasteiger charge is 2.34. The van der Waals surface area contributed by atoms with Crippen molar-refractivity contribution < 1.29 is 13.2 Å². The van der Waals surface area contributed by atoms with Crippen LogP contribution < -0.4 is 5.32 Å². The second-order valence-corrected chi connectivity index (χ2v) is 10.9. The van der Waals surface area contributed by atoms with Crippen LogP contribution in [0.5, 0.6) is 0 Å². The number of rotatable bonds is 5. The number of carbonyl (C=O) groups is 1. The maximum atomic E-state index is 13.4. The molecule has 3 rings (SSSR count). The Morgan fingerprint density at radius 1 is 1.14 bits per heavy atom. The molecule has 2 aromatic rings. The fourth-order valence-electron chi connectivity index (χ4n) is 4.00. The Balaban J connectivity index is 1.70. The third kappa shape index (κ3) is 4.42. The van der Waals surface area contributed by atoms with E-state index in [1.165, 1.54) is 0 Å². The van der Waals surface area contributed by atoms with E-state index in [0.717, 1.165) is 27.1 Å². The number of sulfonamides is 1. The predicted molar refractivity (Wildman–Crippen MR) is 118 cm³/mol. The molecule has 1 amide bonds. The van der Waals surface area contributed by atoms with E-state index >= 15 is 0 Å². The van der Waals surface area contributed by atoms with Crippen LogP contribution >= 0.6 is 11.3 Å². The second kappa shape index (κ2) is 8.58. The van der Waals surface area contributed by atoms with Gasteiger partial charge in [-0.1, -0.05) is 12.1 Å². The number of aryl methyl sites for hydroxylation is 2. The number of thiophene rings is 1. The van der Waals surface area contributed by atoms with E-state index in [4.69, 9.17) is 0 Å². The molecule has 29 heavy (non-hydrogen) atoms. The highest BCUT2D eigenvalue weighted by Crippen LogP contribution is 2.31. The molecule has 1 atom stereocenters. The lowest BCUT2D eigenvalue weighted by Gasteiger charge is -2.32. The van der Waals surface area contributed by atoms with E-state index in [0.29, 0.717) is 30.8 Å². The lowest BCUT2D eigenvalue weighted by atomic mass is 9.97. The smallest absolute Gasteiger partial charge is 0.243 e. The number of benzene rings is 1. The van der Waals surface area contributed by atoms with Crippen LogP contribution in [0.25, 0.3) is 0 Å². The minimum absolute atomic E-state index is 0.0155. The van der Waals surface area contributed by atoms with Crippen LogP contribution in [0.3, 0.4) is 0 Å². The summed E-state index contributed by atoms with van der Waals surface area (Å²) in [4.78, 5) is 14.2. The van der Waals surface area contributed by atoms with Gasteiger partial charge in [-0.15, -0.1) is 11.3 Å². The fraction of sp³-hybridized carbons (Fsp3) is 0.500. The van der Waals surface area contributed by atoms with Crippen LogP contribution in [-0.2, 0) is 14.8 Å². The summed E-state index contributed by atoms with van der Waals surface area (Å²) in [5.74, 6) is -0.132. The molecule has 1 aliphatic rings. The summed E-state index contributed by atoms with van der Waals surface area (Å²) >= 11 is 1.62. The monoisotopic (exact) mass is 434 g/mol. The minimum Gasteiger partial charge on any atom is -0.349 e. The first-order chi connectivity index (χ1) is 13.6. The predicted octanol–water partition coefficient (Wildman–Crippen LogP) is 4.26. The van der Waals surface area contributed by atoms with Crippen LogP contribution in [0.1, 0.15) is 52.9 Å². The lowest BCUT2D eigenvalue weighted by molar-refractivity contribution is -0.126. The quantitative estimate of drug-likeness (QED) is 0.765. The van der Waals surface area contributed by atoms with E-state index in [9.17, 15) is 13.2 Å². The molecule has 5 nitrogen and oxygen atoms in total. The Morgan fingerprint density at radius 3 is 2.24 bits per heavy atom. The summed E-state index contributed by atoms with van der Waals surface area (Å²) in [6.45, 7) is 10.4. The molecule has 1 aliphatic heterocycles. The van der Waals surface area contributed by atoms with Gasteiger partial charge in [-0.2, -0.15) is 4.31 Å². The van der Waals surface area contributed by atoms with Crippen molar-refractivity contribution in [1.82, 2.24) is 9.62 Å². The van der Waals surface area contributed by atoms with Crippen molar-refractivity contribution in [2.75, 3.05) is 13.1 Å². The maximum Gasteiger partial charge on any atom is 0.243 e. The number of nitrogens with one attached hydrogen (secondary N) is 1. The van der Waals surface area contributed by atoms with Gasteiger partial charge in [0, 0.05) is 23.9 Å². The maximum absolute atomic E-state index is 13.4. The van der Waals surface area contributed by atoms with Crippen LogP contribution in [-0.4, -0.2) is 31.7 Å². The van der Waals surface area contributed by atoms with Gasteiger partial charge in [0.25, 0.3) is 0 Å². The average Bonchev–Trinajstić information content (AvgIpc) is 3.21. The topological polar surface area (TPSA) is 66.5 Å². The number of hydrogen-bond donors (Lipinski definition) is 1. The second-order valence-electron chi connectivity index (χ2n) is 8.01. The number of carbonyl (C=O) groups excluding carboxylic acids is 1. The first kappa shape index (κ1) is 22.0. The first-order valence-corrected chi connectivity index (χ1v) is 12.4. The molecule has 0 radical (unpaired) electrons.